The second-order valence-electron chi connectivity index (χ2n) is 17.0. The molecule has 0 fully saturated rings. The molecule has 0 aromatic carbocycles. The molecule has 0 rings (SSSR count). The molecule has 0 spiro atoms. The zero-order chi connectivity index (χ0) is 41.4. The lowest BCUT2D eigenvalue weighted by Crippen LogP contribution is -2.55. The Kier molecular flexibility index (Phi) is 38.1. The van der Waals surface area contributed by atoms with Crippen LogP contribution < -0.4 is 5.11 Å². The number of ether oxygens (including phenoxy) is 3. The van der Waals surface area contributed by atoms with Crippen LogP contribution in [0, 0.1) is 0 Å². The number of nitrogens with zero attached hydrogens (tertiary/aromatic N) is 1. The largest absolute Gasteiger partial charge is 0.544 e. The summed E-state index contributed by atoms with van der Waals surface area (Å²) in [5, 5.41) is 11.6. The van der Waals surface area contributed by atoms with Crippen molar-refractivity contribution in [2.75, 3.05) is 41.0 Å². The van der Waals surface area contributed by atoms with Crippen LogP contribution in [0.3, 0.4) is 0 Å². The molecule has 0 saturated heterocycles. The summed E-state index contributed by atoms with van der Waals surface area (Å²) in [6.45, 7) is 4.65. The Labute approximate surface area is 345 Å². The third-order valence-corrected chi connectivity index (χ3v) is 10.6. The Bertz CT molecular complexity index is 973. The first-order valence-electron chi connectivity index (χ1n) is 23.4. The summed E-state index contributed by atoms with van der Waals surface area (Å²) in [6, 6.07) is -0.725. The van der Waals surface area contributed by atoms with Gasteiger partial charge in [-0.25, -0.2) is 0 Å². The minimum atomic E-state index is -1.13. The van der Waals surface area contributed by atoms with Crippen LogP contribution in [0.25, 0.3) is 0 Å². The van der Waals surface area contributed by atoms with Gasteiger partial charge in [0.25, 0.3) is 0 Å². The summed E-state index contributed by atoms with van der Waals surface area (Å²) in [5.41, 5.74) is 0. The smallest absolute Gasteiger partial charge is 0.306 e. The fourth-order valence-electron chi connectivity index (χ4n) is 6.88. The van der Waals surface area contributed by atoms with Gasteiger partial charge in [0.15, 0.2) is 6.10 Å². The molecule has 0 amide bonds. The maximum absolute atomic E-state index is 12.7. The number of likely N-dealkylation sites (N-methyl/N-ethyl adjacent to an activating group) is 1. The number of allylic oxidation sites excluding steroid dienone is 4. The van der Waals surface area contributed by atoms with E-state index in [9.17, 15) is 19.5 Å². The fourth-order valence-corrected chi connectivity index (χ4v) is 6.88. The van der Waals surface area contributed by atoms with Crippen LogP contribution in [0.5, 0.6) is 0 Å². The summed E-state index contributed by atoms with van der Waals surface area (Å²) >= 11 is 0. The van der Waals surface area contributed by atoms with Crippen LogP contribution in [0.4, 0.5) is 0 Å². The highest BCUT2D eigenvalue weighted by Crippen LogP contribution is 2.14. The molecule has 0 N–H and O–H groups in total. The Morgan fingerprint density at radius 2 is 0.893 bits per heavy atom. The molecule has 328 valence electrons. The van der Waals surface area contributed by atoms with Gasteiger partial charge in [0.2, 0.25) is 0 Å². The van der Waals surface area contributed by atoms with Gasteiger partial charge in [-0.15, -0.1) is 0 Å². The van der Waals surface area contributed by atoms with Crippen molar-refractivity contribution in [3.05, 3.63) is 24.3 Å². The lowest BCUT2D eigenvalue weighted by atomic mass is 10.1. The molecule has 0 aromatic heterocycles. The quantitative estimate of drug-likeness (QED) is 0.0262. The SMILES string of the molecule is CCCCCCC/C=C\CCCCCCCC(=O)OCC(COCCC(C(=O)[O-])[N+](C)(C)C)OC(=O)CCCCCCCCC/C=C\CCCCCCCCC. The first-order chi connectivity index (χ1) is 27.1. The standard InChI is InChI=1S/C48H89NO7/c1-6-8-10-12-14-16-18-20-22-23-24-25-27-29-31-33-35-37-39-47(51)56-44(42-54-41-40-45(48(52)53)49(3,4)5)43-55-46(50)38-36-34-32-30-28-26-21-19-17-15-13-11-9-7-2/h19,21-23,44-45H,6-18,20,24-43H2,1-5H3/b21-19-,23-22-. The van der Waals surface area contributed by atoms with E-state index in [0.29, 0.717) is 12.8 Å². The van der Waals surface area contributed by atoms with Crippen LogP contribution in [0.15, 0.2) is 24.3 Å². The Morgan fingerprint density at radius 1 is 0.518 bits per heavy atom. The molecule has 8 nitrogen and oxygen atoms in total. The van der Waals surface area contributed by atoms with Crippen molar-refractivity contribution in [2.45, 2.75) is 225 Å². The Balaban J connectivity index is 4.31. The van der Waals surface area contributed by atoms with Gasteiger partial charge in [-0.3, -0.25) is 9.59 Å². The van der Waals surface area contributed by atoms with Gasteiger partial charge in [-0.1, -0.05) is 154 Å². The summed E-state index contributed by atoms with van der Waals surface area (Å²) in [4.78, 5) is 36.9. The van der Waals surface area contributed by atoms with Gasteiger partial charge in [0, 0.05) is 19.3 Å². The average Bonchev–Trinajstić information content (AvgIpc) is 3.15. The second-order valence-corrected chi connectivity index (χ2v) is 17.0. The number of unbranched alkanes of at least 4 members (excludes halogenated alkanes) is 24. The van der Waals surface area contributed by atoms with E-state index in [-0.39, 0.29) is 42.7 Å². The molecule has 56 heavy (non-hydrogen) atoms. The van der Waals surface area contributed by atoms with Crippen LogP contribution >= 0.6 is 0 Å². The van der Waals surface area contributed by atoms with Crippen molar-refractivity contribution in [3.63, 3.8) is 0 Å². The molecule has 8 heteroatoms. The molecule has 2 unspecified atom stereocenters. The van der Waals surface area contributed by atoms with E-state index in [2.05, 4.69) is 38.2 Å². The first-order valence-corrected chi connectivity index (χ1v) is 23.4. The number of esters is 2. The molecule has 2 atom stereocenters. The molecule has 0 saturated carbocycles. The number of hydrogen-bond acceptors (Lipinski definition) is 7. The van der Waals surface area contributed by atoms with Crippen molar-refractivity contribution in [1.82, 2.24) is 0 Å². The topological polar surface area (TPSA) is 102 Å². The van der Waals surface area contributed by atoms with E-state index in [4.69, 9.17) is 14.2 Å². The summed E-state index contributed by atoms with van der Waals surface area (Å²) in [5.74, 6) is -1.74. The Morgan fingerprint density at radius 3 is 1.29 bits per heavy atom. The zero-order valence-corrected chi connectivity index (χ0v) is 37.3. The number of carbonyl (C=O) groups excluding carboxylic acids is 3. The van der Waals surface area contributed by atoms with E-state index in [0.717, 1.165) is 51.4 Å². The van der Waals surface area contributed by atoms with Crippen molar-refractivity contribution in [1.29, 1.82) is 0 Å². The Hall–Kier alpha value is -2.19. The number of carboxylic acids is 1. The van der Waals surface area contributed by atoms with E-state index in [1.54, 1.807) is 21.1 Å². The van der Waals surface area contributed by atoms with Gasteiger partial charge >= 0.3 is 11.9 Å². The van der Waals surface area contributed by atoms with Gasteiger partial charge in [-0.05, 0) is 64.2 Å². The molecule has 0 heterocycles. The molecule has 0 radical (unpaired) electrons. The van der Waals surface area contributed by atoms with E-state index >= 15 is 0 Å². The minimum Gasteiger partial charge on any atom is -0.544 e. The lowest BCUT2D eigenvalue weighted by Gasteiger charge is -2.34. The van der Waals surface area contributed by atoms with Gasteiger partial charge in [-0.2, -0.15) is 0 Å². The number of quaternary nitrogens is 1. The number of carboxylic acid groups (broad SMARTS) is 1. The monoisotopic (exact) mass is 792 g/mol. The molecule has 0 aliphatic carbocycles. The van der Waals surface area contributed by atoms with Crippen LogP contribution in [0.1, 0.15) is 213 Å². The third-order valence-electron chi connectivity index (χ3n) is 10.6. The fraction of sp³-hybridized carbons (Fsp3) is 0.854. The van der Waals surface area contributed by atoms with Crippen LogP contribution in [0.2, 0.25) is 0 Å². The number of rotatable bonds is 42. The van der Waals surface area contributed by atoms with Crippen LogP contribution in [-0.4, -0.2) is 75.5 Å². The number of carbonyl (C=O) groups is 3. The van der Waals surface area contributed by atoms with Gasteiger partial charge < -0.3 is 28.6 Å². The second kappa shape index (κ2) is 39.6. The van der Waals surface area contributed by atoms with Crippen molar-refractivity contribution in [3.8, 4) is 0 Å². The van der Waals surface area contributed by atoms with Crippen molar-refractivity contribution in [2.24, 2.45) is 0 Å². The zero-order valence-electron chi connectivity index (χ0n) is 37.3. The van der Waals surface area contributed by atoms with E-state index < -0.39 is 18.1 Å². The first kappa shape index (κ1) is 53.8. The van der Waals surface area contributed by atoms with Gasteiger partial charge in [0.1, 0.15) is 12.6 Å². The molecular weight excluding hydrogens is 703 g/mol. The predicted molar refractivity (Wildman–Crippen MR) is 231 cm³/mol. The highest BCUT2D eigenvalue weighted by molar-refractivity contribution is 5.70. The maximum atomic E-state index is 12.7. The molecule has 0 aromatic rings. The molecular formula is C48H89NO7. The number of aliphatic carboxylic acids is 1. The highest BCUT2D eigenvalue weighted by Gasteiger charge is 2.25. The van der Waals surface area contributed by atoms with E-state index in [1.165, 1.54) is 128 Å². The van der Waals surface area contributed by atoms with Crippen molar-refractivity contribution < 1.29 is 38.2 Å². The van der Waals surface area contributed by atoms with Crippen molar-refractivity contribution >= 4 is 17.9 Å². The normalized spacial score (nSPS) is 13.1. The maximum Gasteiger partial charge on any atom is 0.306 e. The highest BCUT2D eigenvalue weighted by atomic mass is 16.6. The summed E-state index contributed by atoms with van der Waals surface area (Å²) in [6.07, 6.45) is 43.4. The molecule has 0 aliphatic heterocycles. The van der Waals surface area contributed by atoms with Gasteiger partial charge in [0.05, 0.1) is 40.3 Å². The van der Waals surface area contributed by atoms with Crippen LogP contribution in [-0.2, 0) is 28.6 Å². The average molecular weight is 792 g/mol. The summed E-state index contributed by atoms with van der Waals surface area (Å²) < 4.78 is 17.2. The van der Waals surface area contributed by atoms with E-state index in [1.807, 2.05) is 0 Å². The summed E-state index contributed by atoms with van der Waals surface area (Å²) in [7, 11) is 5.41. The number of hydrogen-bond donors (Lipinski definition) is 0. The third kappa shape index (κ3) is 37.4. The molecule has 0 bridgehead atoms. The lowest BCUT2D eigenvalue weighted by molar-refractivity contribution is -0.889. The minimum absolute atomic E-state index is 0.0392. The molecule has 0 aliphatic rings. The predicted octanol–water partition coefficient (Wildman–Crippen LogP) is 11.5.